The summed E-state index contributed by atoms with van der Waals surface area (Å²) >= 11 is 5.89. The van der Waals surface area contributed by atoms with Crippen LogP contribution in [0.25, 0.3) is 10.9 Å². The van der Waals surface area contributed by atoms with Crippen LogP contribution in [0.2, 0.25) is 5.02 Å². The van der Waals surface area contributed by atoms with Gasteiger partial charge in [0.25, 0.3) is 0 Å². The minimum atomic E-state index is -0.500. The number of cyclic esters (lactones) is 1. The van der Waals surface area contributed by atoms with Crippen LogP contribution in [0.5, 0.6) is 11.5 Å². The maximum absolute atomic E-state index is 13.5. The Bertz CT molecular complexity index is 1180. The Morgan fingerprint density at radius 1 is 1.30 bits per heavy atom. The van der Waals surface area contributed by atoms with Crippen LogP contribution in [0.1, 0.15) is 20.3 Å². The van der Waals surface area contributed by atoms with Crippen molar-refractivity contribution in [3.8, 4) is 11.5 Å². The highest BCUT2D eigenvalue weighted by Gasteiger charge is 2.30. The lowest BCUT2D eigenvalue weighted by Crippen LogP contribution is -2.50. The second-order valence-corrected chi connectivity index (χ2v) is 8.11. The van der Waals surface area contributed by atoms with E-state index in [-0.39, 0.29) is 29.9 Å². The summed E-state index contributed by atoms with van der Waals surface area (Å²) in [5.74, 6) is 0.722. The zero-order valence-electron chi connectivity index (χ0n) is 18.5. The first-order valence-corrected chi connectivity index (χ1v) is 10.9. The van der Waals surface area contributed by atoms with Crippen molar-refractivity contribution in [1.82, 2.24) is 14.9 Å². The van der Waals surface area contributed by atoms with Gasteiger partial charge >= 0.3 is 5.97 Å². The number of benzene rings is 2. The molecule has 4 rings (SSSR count). The van der Waals surface area contributed by atoms with E-state index >= 15 is 0 Å². The van der Waals surface area contributed by atoms with Crippen molar-refractivity contribution in [2.24, 2.45) is 0 Å². The summed E-state index contributed by atoms with van der Waals surface area (Å²) in [6.07, 6.45) is 1.53. The molecule has 174 valence electrons. The monoisotopic (exact) mass is 474 g/mol. The fourth-order valence-corrected chi connectivity index (χ4v) is 3.95. The summed E-state index contributed by atoms with van der Waals surface area (Å²) in [7, 11) is 1.55. The molecule has 0 spiro atoms. The molecule has 2 unspecified atom stereocenters. The maximum Gasteiger partial charge on any atom is 0.320 e. The summed E-state index contributed by atoms with van der Waals surface area (Å²) < 4.78 is 30.6. The Hall–Kier alpha value is -3.17. The van der Waals surface area contributed by atoms with Gasteiger partial charge in [-0.05, 0) is 37.6 Å². The molecule has 10 heteroatoms. The predicted octanol–water partition coefficient (Wildman–Crippen LogP) is 4.54. The molecule has 1 aliphatic rings. The van der Waals surface area contributed by atoms with Crippen LogP contribution in [0.3, 0.4) is 0 Å². The number of rotatable bonds is 7. The highest BCUT2D eigenvalue weighted by atomic mass is 35.5. The quantitative estimate of drug-likeness (QED) is 0.500. The number of carbonyl (C=O) groups excluding carboxylic acids is 1. The summed E-state index contributed by atoms with van der Waals surface area (Å²) in [6, 6.07) is 7.88. The molecule has 1 aromatic heterocycles. The molecule has 0 aliphatic carbocycles. The predicted molar refractivity (Wildman–Crippen MR) is 123 cm³/mol. The van der Waals surface area contributed by atoms with Gasteiger partial charge in [0.1, 0.15) is 24.1 Å². The molecule has 3 aromatic rings. The van der Waals surface area contributed by atoms with Crippen molar-refractivity contribution in [3.05, 3.63) is 47.5 Å². The number of hydrogen-bond acceptors (Lipinski definition) is 8. The van der Waals surface area contributed by atoms with E-state index in [1.807, 2.05) is 18.7 Å². The Morgan fingerprint density at radius 2 is 2.12 bits per heavy atom. The van der Waals surface area contributed by atoms with Crippen molar-refractivity contribution in [2.45, 2.75) is 32.6 Å². The van der Waals surface area contributed by atoms with E-state index < -0.39 is 5.82 Å². The topological polar surface area (TPSA) is 85.8 Å². The van der Waals surface area contributed by atoms with Crippen LogP contribution in [-0.2, 0) is 9.53 Å². The minimum Gasteiger partial charge on any atom is -0.493 e. The highest BCUT2D eigenvalue weighted by Crippen LogP contribution is 2.36. The molecule has 0 saturated carbocycles. The number of carbonyl (C=O) groups is 1. The number of morpholine rings is 1. The average molecular weight is 475 g/mol. The van der Waals surface area contributed by atoms with Gasteiger partial charge in [-0.15, -0.1) is 0 Å². The van der Waals surface area contributed by atoms with Crippen LogP contribution in [-0.4, -0.2) is 53.4 Å². The van der Waals surface area contributed by atoms with Gasteiger partial charge in [0.2, 0.25) is 0 Å². The van der Waals surface area contributed by atoms with Crippen molar-refractivity contribution in [3.63, 3.8) is 0 Å². The van der Waals surface area contributed by atoms with Crippen molar-refractivity contribution < 1.29 is 23.4 Å². The fraction of sp³-hybridized carbons (Fsp3) is 0.348. The summed E-state index contributed by atoms with van der Waals surface area (Å²) in [5.41, 5.74) is 1.20. The van der Waals surface area contributed by atoms with Gasteiger partial charge in [-0.25, -0.2) is 14.4 Å². The number of fused-ring (bicyclic) bond motifs is 1. The molecule has 1 fully saturated rings. The van der Waals surface area contributed by atoms with E-state index in [1.165, 1.54) is 18.5 Å². The van der Waals surface area contributed by atoms with E-state index in [0.29, 0.717) is 46.9 Å². The molecule has 1 saturated heterocycles. The van der Waals surface area contributed by atoms with Gasteiger partial charge in [0.05, 0.1) is 24.2 Å². The maximum atomic E-state index is 13.5. The van der Waals surface area contributed by atoms with Gasteiger partial charge < -0.3 is 19.5 Å². The number of hydrogen-bond donors (Lipinski definition) is 1. The summed E-state index contributed by atoms with van der Waals surface area (Å²) in [4.78, 5) is 22.5. The third-order valence-corrected chi connectivity index (χ3v) is 5.57. The number of anilines is 2. The van der Waals surface area contributed by atoms with Crippen LogP contribution in [0.4, 0.5) is 15.9 Å². The second kappa shape index (κ2) is 9.76. The molecule has 2 atom stereocenters. The van der Waals surface area contributed by atoms with E-state index in [1.54, 1.807) is 25.3 Å². The van der Waals surface area contributed by atoms with Crippen LogP contribution in [0.15, 0.2) is 36.7 Å². The molecule has 0 radical (unpaired) electrons. The van der Waals surface area contributed by atoms with Crippen LogP contribution < -0.4 is 14.8 Å². The number of halogens is 2. The summed E-state index contributed by atoms with van der Waals surface area (Å²) in [5, 5.41) is 3.83. The third-order valence-electron chi connectivity index (χ3n) is 5.28. The molecule has 33 heavy (non-hydrogen) atoms. The Kier molecular flexibility index (Phi) is 6.80. The van der Waals surface area contributed by atoms with Gasteiger partial charge in [0.15, 0.2) is 17.7 Å². The van der Waals surface area contributed by atoms with Crippen molar-refractivity contribution in [1.29, 1.82) is 0 Å². The molecule has 1 N–H and O–H groups in total. The first-order valence-electron chi connectivity index (χ1n) is 10.5. The molecule has 0 amide bonds. The van der Waals surface area contributed by atoms with Crippen molar-refractivity contribution in [2.75, 3.05) is 25.5 Å². The minimum absolute atomic E-state index is 0.00755. The third kappa shape index (κ3) is 5.09. The van der Waals surface area contributed by atoms with E-state index in [4.69, 9.17) is 25.8 Å². The molecular weight excluding hydrogens is 451 g/mol. The molecular formula is C23H24ClFN4O4. The van der Waals surface area contributed by atoms with Crippen molar-refractivity contribution >= 4 is 40.0 Å². The van der Waals surface area contributed by atoms with E-state index in [0.717, 1.165) is 0 Å². The number of aromatic nitrogens is 2. The number of nitrogens with zero attached hydrogens (tertiary/aromatic N) is 3. The largest absolute Gasteiger partial charge is 0.493 e. The molecule has 2 aromatic carbocycles. The van der Waals surface area contributed by atoms with E-state index in [9.17, 15) is 9.18 Å². The lowest BCUT2D eigenvalue weighted by atomic mass is 10.2. The standard InChI is InChI=1S/C23H24ClFN4O4/c1-4-21(29-10-13(2)32-22(30)11-29)33-20-9-18-15(8-19(20)31-3)23(27-12-26-18)28-14-5-6-17(25)16(24)7-14/h5-9,12-13,21H,4,10-11H2,1-3H3,(H,26,27,28). The molecule has 2 heterocycles. The lowest BCUT2D eigenvalue weighted by Gasteiger charge is -2.36. The normalized spacial score (nSPS) is 17.5. The fourth-order valence-electron chi connectivity index (χ4n) is 3.77. The van der Waals surface area contributed by atoms with Gasteiger partial charge in [-0.2, -0.15) is 0 Å². The zero-order valence-corrected chi connectivity index (χ0v) is 19.2. The highest BCUT2D eigenvalue weighted by molar-refractivity contribution is 6.31. The average Bonchev–Trinajstić information content (AvgIpc) is 2.79. The van der Waals surface area contributed by atoms with Gasteiger partial charge in [0, 0.05) is 23.7 Å². The zero-order chi connectivity index (χ0) is 23.5. The Balaban J connectivity index is 1.64. The number of ether oxygens (including phenoxy) is 3. The van der Waals surface area contributed by atoms with Gasteiger partial charge in [-0.1, -0.05) is 18.5 Å². The first-order chi connectivity index (χ1) is 15.9. The Labute approximate surface area is 195 Å². The molecule has 8 nitrogen and oxygen atoms in total. The molecule has 0 bridgehead atoms. The van der Waals surface area contributed by atoms with Gasteiger partial charge in [-0.3, -0.25) is 9.69 Å². The summed E-state index contributed by atoms with van der Waals surface area (Å²) in [6.45, 7) is 4.58. The van der Waals surface area contributed by atoms with E-state index in [2.05, 4.69) is 15.3 Å². The number of esters is 1. The number of methoxy groups -OCH3 is 1. The molecule has 1 aliphatic heterocycles. The lowest BCUT2D eigenvalue weighted by molar-refractivity contribution is -0.163. The smallest absolute Gasteiger partial charge is 0.320 e. The SMILES string of the molecule is CCC(Oc1cc2ncnc(Nc3ccc(F)c(Cl)c3)c2cc1OC)N1CC(=O)OC(C)C1. The number of nitrogens with one attached hydrogen (secondary N) is 1. The van der Waals surface area contributed by atoms with Crippen LogP contribution >= 0.6 is 11.6 Å². The second-order valence-electron chi connectivity index (χ2n) is 7.71. The Morgan fingerprint density at radius 3 is 2.82 bits per heavy atom. The van der Waals surface area contributed by atoms with Crippen LogP contribution in [0, 0.1) is 5.82 Å². The first kappa shape index (κ1) is 23.0.